The van der Waals surface area contributed by atoms with Crippen molar-refractivity contribution in [1.29, 1.82) is 0 Å². The maximum Gasteiger partial charge on any atom is 0.322 e. The summed E-state index contributed by atoms with van der Waals surface area (Å²) < 4.78 is 0. The van der Waals surface area contributed by atoms with Crippen LogP contribution >= 0.6 is 11.3 Å². The van der Waals surface area contributed by atoms with Gasteiger partial charge in [-0.2, -0.15) is 0 Å². The van der Waals surface area contributed by atoms with Crippen LogP contribution in [0.4, 0.5) is 4.79 Å². The van der Waals surface area contributed by atoms with Gasteiger partial charge >= 0.3 is 6.03 Å². The van der Waals surface area contributed by atoms with E-state index in [0.717, 1.165) is 10.6 Å². The van der Waals surface area contributed by atoms with Gasteiger partial charge in [-0.05, 0) is 32.2 Å². The topological polar surface area (TPSA) is 49.4 Å². The molecule has 2 amide bonds. The van der Waals surface area contributed by atoms with Crippen molar-refractivity contribution in [3.63, 3.8) is 0 Å². The first-order chi connectivity index (χ1) is 8.56. The average molecular weight is 264 g/mol. The molecule has 1 aliphatic rings. The number of allylic oxidation sites excluding steroid dienone is 1. The van der Waals surface area contributed by atoms with Gasteiger partial charge in [0.1, 0.15) is 0 Å². The Morgan fingerprint density at radius 2 is 2.28 bits per heavy atom. The number of amides is 2. The summed E-state index contributed by atoms with van der Waals surface area (Å²) in [5.41, 5.74) is 1.44. The quantitative estimate of drug-likeness (QED) is 0.912. The van der Waals surface area contributed by atoms with E-state index in [2.05, 4.69) is 5.32 Å². The Hall–Kier alpha value is -1.62. The minimum atomic E-state index is -0.308. The number of urea groups is 1. The summed E-state index contributed by atoms with van der Waals surface area (Å²) in [5.74, 6) is 0.00403. The lowest BCUT2D eigenvalue weighted by atomic mass is 9.97. The molecule has 0 radical (unpaired) electrons. The number of rotatable bonds is 3. The van der Waals surface area contributed by atoms with Crippen molar-refractivity contribution in [2.45, 2.75) is 26.8 Å². The average Bonchev–Trinajstić information content (AvgIpc) is 2.81. The van der Waals surface area contributed by atoms with Crippen LogP contribution in [0.2, 0.25) is 0 Å². The van der Waals surface area contributed by atoms with Crippen molar-refractivity contribution in [1.82, 2.24) is 10.2 Å². The summed E-state index contributed by atoms with van der Waals surface area (Å²) in [5, 5.41) is 4.85. The molecule has 4 nitrogen and oxygen atoms in total. The molecule has 0 aromatic carbocycles. The third-order valence-electron chi connectivity index (χ3n) is 3.12. The Kier molecular flexibility index (Phi) is 3.52. The number of hydrogen-bond donors (Lipinski definition) is 1. The minimum absolute atomic E-state index is 0.00403. The molecule has 1 aromatic rings. The van der Waals surface area contributed by atoms with Gasteiger partial charge in [0.15, 0.2) is 5.78 Å². The highest BCUT2D eigenvalue weighted by Crippen LogP contribution is 2.32. The fourth-order valence-corrected chi connectivity index (χ4v) is 3.07. The Morgan fingerprint density at radius 3 is 2.78 bits per heavy atom. The van der Waals surface area contributed by atoms with E-state index in [4.69, 9.17) is 0 Å². The second-order valence-electron chi connectivity index (χ2n) is 4.20. The lowest BCUT2D eigenvalue weighted by molar-refractivity contribution is -0.114. The van der Waals surface area contributed by atoms with Crippen LogP contribution in [0.5, 0.6) is 0 Å². The third kappa shape index (κ3) is 2.06. The molecule has 1 aromatic heterocycles. The number of hydrogen-bond acceptors (Lipinski definition) is 3. The van der Waals surface area contributed by atoms with E-state index in [9.17, 15) is 9.59 Å². The molecule has 1 aliphatic heterocycles. The predicted molar refractivity (Wildman–Crippen MR) is 71.4 cm³/mol. The van der Waals surface area contributed by atoms with Crippen LogP contribution in [0.3, 0.4) is 0 Å². The van der Waals surface area contributed by atoms with E-state index in [1.165, 1.54) is 0 Å². The van der Waals surface area contributed by atoms with Crippen LogP contribution < -0.4 is 5.32 Å². The maximum atomic E-state index is 12.0. The lowest BCUT2D eigenvalue weighted by Gasteiger charge is -2.34. The molecule has 96 valence electrons. The summed E-state index contributed by atoms with van der Waals surface area (Å²) >= 11 is 1.54. The third-order valence-corrected chi connectivity index (χ3v) is 4.06. The number of thiophene rings is 1. The monoisotopic (exact) mass is 264 g/mol. The molecule has 1 atom stereocenters. The second kappa shape index (κ2) is 4.94. The van der Waals surface area contributed by atoms with Crippen LogP contribution in [-0.4, -0.2) is 23.3 Å². The Bertz CT molecular complexity index is 505. The van der Waals surface area contributed by atoms with E-state index in [0.29, 0.717) is 12.1 Å². The molecule has 0 saturated heterocycles. The lowest BCUT2D eigenvalue weighted by Crippen LogP contribution is -2.47. The van der Waals surface area contributed by atoms with Crippen molar-refractivity contribution >= 4 is 23.2 Å². The zero-order chi connectivity index (χ0) is 13.3. The van der Waals surface area contributed by atoms with Crippen LogP contribution in [-0.2, 0) is 4.79 Å². The van der Waals surface area contributed by atoms with Gasteiger partial charge in [0, 0.05) is 22.7 Å². The molecule has 0 fully saturated rings. The summed E-state index contributed by atoms with van der Waals surface area (Å²) in [6.07, 6.45) is 0. The molecule has 18 heavy (non-hydrogen) atoms. The highest BCUT2D eigenvalue weighted by molar-refractivity contribution is 7.10. The summed E-state index contributed by atoms with van der Waals surface area (Å²) in [6.45, 7) is 5.84. The van der Waals surface area contributed by atoms with Crippen molar-refractivity contribution in [3.05, 3.63) is 33.7 Å². The van der Waals surface area contributed by atoms with E-state index in [1.54, 1.807) is 23.2 Å². The summed E-state index contributed by atoms with van der Waals surface area (Å²) in [7, 11) is 0. The SMILES string of the molecule is CCN1C(=O)N[C@@H](c2cccs2)C(C(C)=O)=C1C. The molecule has 0 saturated carbocycles. The van der Waals surface area contributed by atoms with E-state index >= 15 is 0 Å². The number of nitrogens with one attached hydrogen (secondary N) is 1. The van der Waals surface area contributed by atoms with Gasteiger partial charge in [0.25, 0.3) is 0 Å². The molecule has 5 heteroatoms. The molecule has 0 unspecified atom stereocenters. The fraction of sp³-hybridized carbons (Fsp3) is 0.385. The van der Waals surface area contributed by atoms with E-state index in [1.807, 2.05) is 31.4 Å². The largest absolute Gasteiger partial charge is 0.326 e. The molecular weight excluding hydrogens is 248 g/mol. The Labute approximate surface area is 110 Å². The first kappa shape index (κ1) is 12.8. The maximum absolute atomic E-state index is 12.0. The molecule has 0 spiro atoms. The first-order valence-electron chi connectivity index (χ1n) is 5.89. The summed E-state index contributed by atoms with van der Waals surface area (Å²) in [4.78, 5) is 26.4. The van der Waals surface area contributed by atoms with Gasteiger partial charge in [-0.15, -0.1) is 11.3 Å². The normalized spacial score (nSPS) is 20.1. The molecular formula is C13H16N2O2S. The van der Waals surface area contributed by atoms with Crippen molar-refractivity contribution < 1.29 is 9.59 Å². The Morgan fingerprint density at radius 1 is 1.56 bits per heavy atom. The van der Waals surface area contributed by atoms with Crippen molar-refractivity contribution in [2.24, 2.45) is 0 Å². The number of Topliss-reactive ketones (excluding diaryl/α,β-unsaturated/α-hetero) is 1. The molecule has 1 N–H and O–H groups in total. The predicted octanol–water partition coefficient (Wildman–Crippen LogP) is 2.70. The van der Waals surface area contributed by atoms with Crippen LogP contribution in [0.15, 0.2) is 28.8 Å². The van der Waals surface area contributed by atoms with Crippen LogP contribution in [0.25, 0.3) is 0 Å². The van der Waals surface area contributed by atoms with Gasteiger partial charge in [-0.3, -0.25) is 9.69 Å². The van der Waals surface area contributed by atoms with Crippen LogP contribution in [0.1, 0.15) is 31.7 Å². The number of nitrogens with zero attached hydrogens (tertiary/aromatic N) is 1. The molecule has 0 aliphatic carbocycles. The minimum Gasteiger partial charge on any atom is -0.326 e. The first-order valence-corrected chi connectivity index (χ1v) is 6.77. The van der Waals surface area contributed by atoms with Crippen molar-refractivity contribution in [3.8, 4) is 0 Å². The van der Waals surface area contributed by atoms with E-state index < -0.39 is 0 Å². The highest BCUT2D eigenvalue weighted by Gasteiger charge is 2.33. The van der Waals surface area contributed by atoms with Gasteiger partial charge < -0.3 is 5.32 Å². The zero-order valence-electron chi connectivity index (χ0n) is 10.7. The standard InChI is InChI=1S/C13H16N2O2S/c1-4-15-8(2)11(9(3)16)12(14-13(15)17)10-6-5-7-18-10/h5-7,12H,4H2,1-3H3,(H,14,17)/t12-/m0/s1. The summed E-state index contributed by atoms with van der Waals surface area (Å²) in [6, 6.07) is 3.41. The highest BCUT2D eigenvalue weighted by atomic mass is 32.1. The smallest absolute Gasteiger partial charge is 0.322 e. The van der Waals surface area contributed by atoms with Crippen molar-refractivity contribution in [2.75, 3.05) is 6.54 Å². The Balaban J connectivity index is 2.51. The second-order valence-corrected chi connectivity index (χ2v) is 5.18. The number of carbonyl (C=O) groups excluding carboxylic acids is 2. The van der Waals surface area contributed by atoms with Gasteiger partial charge in [-0.1, -0.05) is 6.07 Å². The molecule has 0 bridgehead atoms. The zero-order valence-corrected chi connectivity index (χ0v) is 11.5. The molecule has 2 heterocycles. The number of carbonyl (C=O) groups is 2. The van der Waals surface area contributed by atoms with Gasteiger partial charge in [0.2, 0.25) is 0 Å². The fourth-order valence-electron chi connectivity index (χ4n) is 2.29. The molecule has 2 rings (SSSR count). The van der Waals surface area contributed by atoms with E-state index in [-0.39, 0.29) is 17.9 Å². The van der Waals surface area contributed by atoms with Crippen LogP contribution in [0, 0.1) is 0 Å². The number of ketones is 1. The van der Waals surface area contributed by atoms with Gasteiger partial charge in [-0.25, -0.2) is 4.79 Å². The van der Waals surface area contributed by atoms with Gasteiger partial charge in [0.05, 0.1) is 6.04 Å².